The maximum atomic E-state index is 10.5. The van der Waals surface area contributed by atoms with Crippen LogP contribution in [0.5, 0.6) is 0 Å². The lowest BCUT2D eigenvalue weighted by atomic mass is 10.3. The van der Waals surface area contributed by atoms with Crippen molar-refractivity contribution >= 4 is 17.3 Å². The van der Waals surface area contributed by atoms with Crippen LogP contribution in [-0.2, 0) is 6.42 Å². The lowest BCUT2D eigenvalue weighted by Gasteiger charge is -1.88. The van der Waals surface area contributed by atoms with Crippen molar-refractivity contribution in [1.82, 2.24) is 0 Å². The molecular weight excluding hydrogens is 190 g/mol. The van der Waals surface area contributed by atoms with Gasteiger partial charge in [-0.2, -0.15) is 0 Å². The van der Waals surface area contributed by atoms with Gasteiger partial charge in [-0.3, -0.25) is 0 Å². The van der Waals surface area contributed by atoms with Crippen molar-refractivity contribution < 1.29 is 9.90 Å². The molecule has 0 spiro atoms. The van der Waals surface area contributed by atoms with E-state index >= 15 is 0 Å². The molecule has 0 atom stereocenters. The Morgan fingerprint density at radius 3 is 3.00 bits per heavy atom. The highest BCUT2D eigenvalue weighted by atomic mass is 32.1. The molecule has 0 saturated carbocycles. The van der Waals surface area contributed by atoms with E-state index in [0.29, 0.717) is 17.8 Å². The highest BCUT2D eigenvalue weighted by molar-refractivity contribution is 7.13. The standard InChI is InChI=1S/C7H7N3O2S/c8-10-9-4-3-5-1-2-6(13-5)7(11)12/h1-2H,3-4H2,(H,11,12). The number of carboxylic acids is 1. The second-order valence-corrected chi connectivity index (χ2v) is 3.44. The molecule has 0 aliphatic carbocycles. The minimum absolute atomic E-state index is 0.316. The number of hydrogen-bond donors (Lipinski definition) is 1. The molecule has 0 aliphatic rings. The van der Waals surface area contributed by atoms with Gasteiger partial charge in [0.2, 0.25) is 0 Å². The molecule has 0 amide bonds. The number of hydrogen-bond acceptors (Lipinski definition) is 3. The van der Waals surface area contributed by atoms with Gasteiger partial charge in [0.25, 0.3) is 0 Å². The molecule has 13 heavy (non-hydrogen) atoms. The maximum absolute atomic E-state index is 10.5. The molecule has 0 fully saturated rings. The Bertz CT molecular complexity index is 354. The summed E-state index contributed by atoms with van der Waals surface area (Å²) in [6.07, 6.45) is 0.599. The fourth-order valence-electron chi connectivity index (χ4n) is 0.832. The van der Waals surface area contributed by atoms with Crippen LogP contribution >= 0.6 is 11.3 Å². The Balaban J connectivity index is 2.58. The molecule has 1 aromatic heterocycles. The molecule has 0 unspecified atom stereocenters. The molecule has 0 aliphatic heterocycles. The molecule has 1 rings (SSSR count). The van der Waals surface area contributed by atoms with Gasteiger partial charge in [0.1, 0.15) is 4.88 Å². The fourth-order valence-corrected chi connectivity index (χ4v) is 1.67. The fraction of sp³-hybridized carbons (Fsp3) is 0.286. The van der Waals surface area contributed by atoms with E-state index in [9.17, 15) is 4.79 Å². The summed E-state index contributed by atoms with van der Waals surface area (Å²) in [4.78, 5) is 14.3. The smallest absolute Gasteiger partial charge is 0.345 e. The summed E-state index contributed by atoms with van der Waals surface area (Å²) in [5.74, 6) is -0.917. The van der Waals surface area contributed by atoms with Gasteiger partial charge in [-0.25, -0.2) is 4.79 Å². The normalized spacial score (nSPS) is 9.23. The topological polar surface area (TPSA) is 86.1 Å². The highest BCUT2D eigenvalue weighted by Gasteiger charge is 2.05. The van der Waals surface area contributed by atoms with Crippen LogP contribution in [0.1, 0.15) is 14.5 Å². The van der Waals surface area contributed by atoms with E-state index in [1.54, 1.807) is 12.1 Å². The average Bonchev–Trinajstić information content (AvgIpc) is 2.53. The van der Waals surface area contributed by atoms with Crippen molar-refractivity contribution in [2.75, 3.05) is 6.54 Å². The number of carboxylic acid groups (broad SMARTS) is 1. The van der Waals surface area contributed by atoms with E-state index in [-0.39, 0.29) is 0 Å². The number of aromatic carboxylic acids is 1. The minimum atomic E-state index is -0.917. The van der Waals surface area contributed by atoms with Crippen LogP contribution < -0.4 is 0 Å². The molecule has 1 heterocycles. The van der Waals surface area contributed by atoms with E-state index in [1.807, 2.05) is 0 Å². The zero-order chi connectivity index (χ0) is 9.68. The van der Waals surface area contributed by atoms with Crippen LogP contribution in [0.3, 0.4) is 0 Å². The monoisotopic (exact) mass is 197 g/mol. The van der Waals surface area contributed by atoms with Gasteiger partial charge in [-0.1, -0.05) is 5.11 Å². The summed E-state index contributed by atoms with van der Waals surface area (Å²) in [7, 11) is 0. The Hall–Kier alpha value is -1.52. The third-order valence-corrected chi connectivity index (χ3v) is 2.53. The molecular formula is C7H7N3O2S. The number of nitrogens with zero attached hydrogens (tertiary/aromatic N) is 3. The largest absolute Gasteiger partial charge is 0.477 e. The zero-order valence-electron chi connectivity index (χ0n) is 6.67. The molecule has 5 nitrogen and oxygen atoms in total. The summed E-state index contributed by atoms with van der Waals surface area (Å²) in [5, 5.41) is 12.0. The van der Waals surface area contributed by atoms with Crippen molar-refractivity contribution in [2.45, 2.75) is 6.42 Å². The average molecular weight is 197 g/mol. The van der Waals surface area contributed by atoms with E-state index < -0.39 is 5.97 Å². The van der Waals surface area contributed by atoms with E-state index in [0.717, 1.165) is 4.88 Å². The van der Waals surface area contributed by atoms with Gasteiger partial charge in [0, 0.05) is 16.3 Å². The maximum Gasteiger partial charge on any atom is 0.345 e. The van der Waals surface area contributed by atoms with E-state index in [1.165, 1.54) is 11.3 Å². The van der Waals surface area contributed by atoms with Gasteiger partial charge >= 0.3 is 5.97 Å². The first-order valence-corrected chi connectivity index (χ1v) is 4.38. The summed E-state index contributed by atoms with van der Waals surface area (Å²) in [5.41, 5.74) is 8.01. The third-order valence-electron chi connectivity index (χ3n) is 1.39. The molecule has 6 heteroatoms. The first kappa shape index (κ1) is 9.57. The SMILES string of the molecule is [N-]=[N+]=NCCc1ccc(C(=O)O)s1. The van der Waals surface area contributed by atoms with Crippen LogP contribution in [0, 0.1) is 0 Å². The number of azide groups is 1. The van der Waals surface area contributed by atoms with Crippen LogP contribution in [-0.4, -0.2) is 17.6 Å². The number of carbonyl (C=O) groups is 1. The van der Waals surface area contributed by atoms with Crippen molar-refractivity contribution in [2.24, 2.45) is 5.11 Å². The summed E-state index contributed by atoms with van der Waals surface area (Å²) in [6.45, 7) is 0.371. The number of thiophene rings is 1. The first-order chi connectivity index (χ1) is 6.24. The summed E-state index contributed by atoms with van der Waals surface area (Å²) in [6, 6.07) is 3.29. The van der Waals surface area contributed by atoms with Gasteiger partial charge < -0.3 is 5.11 Å². The second-order valence-electron chi connectivity index (χ2n) is 2.28. The lowest BCUT2D eigenvalue weighted by molar-refractivity contribution is 0.0702. The van der Waals surface area contributed by atoms with Crippen LogP contribution in [0.4, 0.5) is 0 Å². The predicted octanol–water partition coefficient (Wildman–Crippen LogP) is 2.30. The minimum Gasteiger partial charge on any atom is -0.477 e. The Kier molecular flexibility index (Phi) is 3.31. The molecule has 68 valence electrons. The molecule has 0 bridgehead atoms. The predicted molar refractivity (Wildman–Crippen MR) is 49.0 cm³/mol. The van der Waals surface area contributed by atoms with Crippen molar-refractivity contribution in [3.63, 3.8) is 0 Å². The van der Waals surface area contributed by atoms with Crippen LogP contribution in [0.25, 0.3) is 10.4 Å². The number of rotatable bonds is 4. The van der Waals surface area contributed by atoms with Gasteiger partial charge in [0.15, 0.2) is 0 Å². The van der Waals surface area contributed by atoms with Gasteiger partial charge in [-0.15, -0.1) is 11.3 Å². The highest BCUT2D eigenvalue weighted by Crippen LogP contribution is 2.16. The Morgan fingerprint density at radius 1 is 1.69 bits per heavy atom. The van der Waals surface area contributed by atoms with Crippen molar-refractivity contribution in [1.29, 1.82) is 0 Å². The van der Waals surface area contributed by atoms with Gasteiger partial charge in [-0.05, 0) is 24.1 Å². The van der Waals surface area contributed by atoms with Gasteiger partial charge in [0.05, 0.1) is 0 Å². The molecule has 0 saturated heterocycles. The summed E-state index contributed by atoms with van der Waals surface area (Å²) < 4.78 is 0. The second kappa shape index (κ2) is 4.49. The lowest BCUT2D eigenvalue weighted by Crippen LogP contribution is -1.89. The Morgan fingerprint density at radius 2 is 2.46 bits per heavy atom. The Labute approximate surface area is 78.3 Å². The van der Waals surface area contributed by atoms with E-state index in [2.05, 4.69) is 10.0 Å². The molecule has 1 N–H and O–H groups in total. The van der Waals surface area contributed by atoms with E-state index in [4.69, 9.17) is 10.6 Å². The van der Waals surface area contributed by atoms with Crippen molar-refractivity contribution in [3.8, 4) is 0 Å². The van der Waals surface area contributed by atoms with Crippen molar-refractivity contribution in [3.05, 3.63) is 32.3 Å². The summed E-state index contributed by atoms with van der Waals surface area (Å²) >= 11 is 1.21. The van der Waals surface area contributed by atoms with Crippen LogP contribution in [0.2, 0.25) is 0 Å². The van der Waals surface area contributed by atoms with Crippen LogP contribution in [0.15, 0.2) is 17.2 Å². The third kappa shape index (κ3) is 2.77. The molecule has 1 aromatic rings. The molecule has 0 aromatic carbocycles. The zero-order valence-corrected chi connectivity index (χ0v) is 7.49. The first-order valence-electron chi connectivity index (χ1n) is 3.57. The molecule has 0 radical (unpaired) electrons. The quantitative estimate of drug-likeness (QED) is 0.456.